The van der Waals surface area contributed by atoms with E-state index in [0.717, 1.165) is 54.2 Å². The Kier molecular flexibility index (Phi) is 5.86. The van der Waals surface area contributed by atoms with Gasteiger partial charge in [0, 0.05) is 60.6 Å². The summed E-state index contributed by atoms with van der Waals surface area (Å²) in [6.45, 7) is 6.31. The molecule has 5 nitrogen and oxygen atoms in total. The molecule has 1 amide bonds. The monoisotopic (exact) mass is 408 g/mol. The zero-order valence-corrected chi connectivity index (χ0v) is 17.3. The predicted octanol–water partition coefficient (Wildman–Crippen LogP) is 4.35. The molecule has 0 spiro atoms. The van der Waals surface area contributed by atoms with Gasteiger partial charge in [0.05, 0.1) is 0 Å². The third-order valence-electron chi connectivity index (χ3n) is 5.31. The average molecular weight is 409 g/mol. The van der Waals surface area contributed by atoms with Gasteiger partial charge in [-0.05, 0) is 54.3 Å². The predicted molar refractivity (Wildman–Crippen MR) is 120 cm³/mol. The van der Waals surface area contributed by atoms with E-state index < -0.39 is 0 Å². The first-order chi connectivity index (χ1) is 14.2. The molecule has 29 heavy (non-hydrogen) atoms. The van der Waals surface area contributed by atoms with Crippen LogP contribution in [0.4, 0.5) is 11.5 Å². The summed E-state index contributed by atoms with van der Waals surface area (Å²) in [6, 6.07) is 15.8. The standard InChI is InChI=1S/C23H25ClN4O/c1-2-10-26-23(29)18-4-3-17-9-11-25-22(21(17)16-18)28-14-12-27(13-15-28)20-7-5-19(24)6-8-20/h3-9,11,16H,2,10,12-15H2,1H3,(H,26,29). The highest BCUT2D eigenvalue weighted by Crippen LogP contribution is 2.27. The summed E-state index contributed by atoms with van der Waals surface area (Å²) in [4.78, 5) is 21.7. The fourth-order valence-electron chi connectivity index (χ4n) is 3.72. The number of anilines is 2. The van der Waals surface area contributed by atoms with Crippen molar-refractivity contribution < 1.29 is 4.79 Å². The Morgan fingerprint density at radius 2 is 1.76 bits per heavy atom. The normalized spacial score (nSPS) is 14.3. The van der Waals surface area contributed by atoms with Gasteiger partial charge in [-0.2, -0.15) is 0 Å². The number of hydrogen-bond acceptors (Lipinski definition) is 4. The zero-order chi connectivity index (χ0) is 20.2. The number of halogens is 1. The van der Waals surface area contributed by atoms with Crippen molar-refractivity contribution in [3.8, 4) is 0 Å². The third kappa shape index (κ3) is 4.30. The van der Waals surface area contributed by atoms with Gasteiger partial charge in [-0.15, -0.1) is 0 Å². The molecule has 0 radical (unpaired) electrons. The molecule has 1 saturated heterocycles. The van der Waals surface area contributed by atoms with E-state index in [1.165, 1.54) is 5.69 Å². The number of nitrogens with one attached hydrogen (secondary N) is 1. The number of rotatable bonds is 5. The first-order valence-electron chi connectivity index (χ1n) is 10.1. The van der Waals surface area contributed by atoms with Crippen molar-refractivity contribution in [2.45, 2.75) is 13.3 Å². The van der Waals surface area contributed by atoms with Crippen molar-refractivity contribution in [1.29, 1.82) is 0 Å². The topological polar surface area (TPSA) is 48.5 Å². The third-order valence-corrected chi connectivity index (χ3v) is 5.57. The van der Waals surface area contributed by atoms with Gasteiger partial charge in [0.2, 0.25) is 0 Å². The van der Waals surface area contributed by atoms with Crippen LogP contribution < -0.4 is 15.1 Å². The number of aromatic nitrogens is 1. The number of pyridine rings is 1. The molecule has 3 aromatic rings. The molecule has 0 aliphatic carbocycles. The lowest BCUT2D eigenvalue weighted by molar-refractivity contribution is 0.0954. The van der Waals surface area contributed by atoms with Gasteiger partial charge in [0.1, 0.15) is 5.82 Å². The van der Waals surface area contributed by atoms with Gasteiger partial charge in [0.15, 0.2) is 0 Å². The summed E-state index contributed by atoms with van der Waals surface area (Å²) < 4.78 is 0. The maximum atomic E-state index is 12.4. The largest absolute Gasteiger partial charge is 0.368 e. The molecular weight excluding hydrogens is 384 g/mol. The zero-order valence-electron chi connectivity index (χ0n) is 16.6. The van der Waals surface area contributed by atoms with E-state index in [2.05, 4.69) is 32.2 Å². The fourth-order valence-corrected chi connectivity index (χ4v) is 3.84. The number of amides is 1. The second kappa shape index (κ2) is 8.70. The van der Waals surface area contributed by atoms with E-state index in [0.29, 0.717) is 12.1 Å². The molecule has 1 fully saturated rings. The minimum atomic E-state index is -0.0314. The SMILES string of the molecule is CCCNC(=O)c1ccc2ccnc(N3CCN(c4ccc(Cl)cc4)CC3)c2c1. The van der Waals surface area contributed by atoms with Crippen molar-refractivity contribution >= 4 is 39.8 Å². The number of fused-ring (bicyclic) bond motifs is 1. The van der Waals surface area contributed by atoms with Crippen LogP contribution in [0.25, 0.3) is 10.8 Å². The number of carbonyl (C=O) groups excluding carboxylic acids is 1. The average Bonchev–Trinajstić information content (AvgIpc) is 2.77. The lowest BCUT2D eigenvalue weighted by atomic mass is 10.1. The van der Waals surface area contributed by atoms with Crippen LogP contribution in [-0.2, 0) is 0 Å². The summed E-state index contributed by atoms with van der Waals surface area (Å²) in [5, 5.41) is 5.83. The smallest absolute Gasteiger partial charge is 0.251 e. The second-order valence-corrected chi connectivity index (χ2v) is 7.71. The Bertz CT molecular complexity index is 997. The lowest BCUT2D eigenvalue weighted by Crippen LogP contribution is -2.46. The van der Waals surface area contributed by atoms with Gasteiger partial charge in [0.25, 0.3) is 5.91 Å². The first kappa shape index (κ1) is 19.5. The Morgan fingerprint density at radius 1 is 1.03 bits per heavy atom. The second-order valence-electron chi connectivity index (χ2n) is 7.28. The molecule has 2 aromatic carbocycles. The maximum Gasteiger partial charge on any atom is 0.251 e. The van der Waals surface area contributed by atoms with Gasteiger partial charge >= 0.3 is 0 Å². The fraction of sp³-hybridized carbons (Fsp3) is 0.304. The molecule has 1 aliphatic rings. The molecule has 2 heterocycles. The molecule has 1 N–H and O–H groups in total. The highest BCUT2D eigenvalue weighted by molar-refractivity contribution is 6.30. The van der Waals surface area contributed by atoms with E-state index in [9.17, 15) is 4.79 Å². The van der Waals surface area contributed by atoms with E-state index in [4.69, 9.17) is 11.6 Å². The molecule has 0 atom stereocenters. The van der Waals surface area contributed by atoms with Crippen LogP contribution >= 0.6 is 11.6 Å². The Labute approximate surface area is 176 Å². The summed E-state index contributed by atoms with van der Waals surface area (Å²) in [6.07, 6.45) is 2.77. The summed E-state index contributed by atoms with van der Waals surface area (Å²) in [5.41, 5.74) is 1.87. The number of nitrogens with zero attached hydrogens (tertiary/aromatic N) is 3. The van der Waals surface area contributed by atoms with E-state index in [-0.39, 0.29) is 5.91 Å². The number of benzene rings is 2. The Hall–Kier alpha value is -2.79. The van der Waals surface area contributed by atoms with Gasteiger partial charge in [-0.3, -0.25) is 4.79 Å². The van der Waals surface area contributed by atoms with E-state index in [1.54, 1.807) is 0 Å². The minimum absolute atomic E-state index is 0.0314. The molecule has 150 valence electrons. The van der Waals surface area contributed by atoms with Crippen LogP contribution in [0.5, 0.6) is 0 Å². The first-order valence-corrected chi connectivity index (χ1v) is 10.5. The van der Waals surface area contributed by atoms with Crippen molar-refractivity contribution in [2.24, 2.45) is 0 Å². The molecule has 0 bridgehead atoms. The van der Waals surface area contributed by atoms with Crippen LogP contribution in [-0.4, -0.2) is 43.6 Å². The van der Waals surface area contributed by atoms with Gasteiger partial charge < -0.3 is 15.1 Å². The van der Waals surface area contributed by atoms with Crippen molar-refractivity contribution in [2.75, 3.05) is 42.5 Å². The quantitative estimate of drug-likeness (QED) is 0.681. The molecule has 0 unspecified atom stereocenters. The maximum absolute atomic E-state index is 12.4. The molecule has 4 rings (SSSR count). The van der Waals surface area contributed by atoms with Gasteiger partial charge in [-0.1, -0.05) is 24.6 Å². The molecule has 1 aliphatic heterocycles. The number of carbonyl (C=O) groups is 1. The molecule has 1 aromatic heterocycles. The summed E-state index contributed by atoms with van der Waals surface area (Å²) >= 11 is 6.01. The van der Waals surface area contributed by atoms with Crippen LogP contribution in [0, 0.1) is 0 Å². The van der Waals surface area contributed by atoms with Gasteiger partial charge in [-0.25, -0.2) is 4.98 Å². The van der Waals surface area contributed by atoms with Crippen molar-refractivity contribution in [3.05, 3.63) is 65.3 Å². The molecule has 6 heteroatoms. The summed E-state index contributed by atoms with van der Waals surface area (Å²) in [7, 11) is 0. The molecule has 0 saturated carbocycles. The molecular formula is C23H25ClN4O. The van der Waals surface area contributed by atoms with Crippen LogP contribution in [0.2, 0.25) is 5.02 Å². The highest BCUT2D eigenvalue weighted by Gasteiger charge is 2.20. The Morgan fingerprint density at radius 3 is 2.48 bits per heavy atom. The summed E-state index contributed by atoms with van der Waals surface area (Å²) in [5.74, 6) is 0.916. The number of hydrogen-bond donors (Lipinski definition) is 1. The lowest BCUT2D eigenvalue weighted by Gasteiger charge is -2.37. The van der Waals surface area contributed by atoms with Crippen molar-refractivity contribution in [1.82, 2.24) is 10.3 Å². The van der Waals surface area contributed by atoms with Crippen LogP contribution in [0.1, 0.15) is 23.7 Å². The van der Waals surface area contributed by atoms with E-state index >= 15 is 0 Å². The minimum Gasteiger partial charge on any atom is -0.368 e. The number of piperazine rings is 1. The Balaban J connectivity index is 1.54. The van der Waals surface area contributed by atoms with Crippen LogP contribution in [0.15, 0.2) is 54.7 Å². The highest BCUT2D eigenvalue weighted by atomic mass is 35.5. The van der Waals surface area contributed by atoms with Crippen molar-refractivity contribution in [3.63, 3.8) is 0 Å². The van der Waals surface area contributed by atoms with E-state index in [1.807, 2.05) is 49.5 Å². The van der Waals surface area contributed by atoms with Crippen LogP contribution in [0.3, 0.4) is 0 Å².